The Labute approximate surface area is 255 Å². The average Bonchev–Trinajstić information content (AvgIpc) is 3.34. The standard InChI is InChI=1S/C29H36N6O8S/c1-29(2,3)43-28(38)32-24(27(37)34(4)19-26(36)41-5)17-20-18-35(25-10-7-6-9-23(20)25)44(39,40)22-13-11-21(12-14-22)42-16-8-15-31-33-30/h6-7,9-14,18,24H,8,15-17,19H2,1-5H3,(H,32,38)/t24-/m0/s1. The number of hydrogen-bond donors (Lipinski definition) is 1. The van der Waals surface area contributed by atoms with Gasteiger partial charge in [-0.15, -0.1) is 0 Å². The van der Waals surface area contributed by atoms with Crippen molar-refractivity contribution < 1.29 is 37.0 Å². The molecule has 0 saturated heterocycles. The number of ether oxygens (including phenoxy) is 3. The zero-order chi connectivity index (χ0) is 32.5. The van der Waals surface area contributed by atoms with Crippen molar-refractivity contribution >= 4 is 38.9 Å². The van der Waals surface area contributed by atoms with E-state index >= 15 is 0 Å². The number of alkyl carbamates (subject to hydrolysis) is 1. The van der Waals surface area contributed by atoms with E-state index in [9.17, 15) is 22.8 Å². The summed E-state index contributed by atoms with van der Waals surface area (Å²) in [5, 5.41) is 6.56. The summed E-state index contributed by atoms with van der Waals surface area (Å²) in [7, 11) is -1.51. The molecule has 3 rings (SSSR count). The van der Waals surface area contributed by atoms with Crippen LogP contribution in [0.5, 0.6) is 5.75 Å². The molecule has 3 aromatic rings. The number of hydrogen-bond acceptors (Lipinski definition) is 9. The lowest BCUT2D eigenvalue weighted by Crippen LogP contribution is -2.50. The number of methoxy groups -OCH3 is 1. The summed E-state index contributed by atoms with van der Waals surface area (Å²) >= 11 is 0. The zero-order valence-electron chi connectivity index (χ0n) is 25.2. The molecule has 44 heavy (non-hydrogen) atoms. The fourth-order valence-electron chi connectivity index (χ4n) is 4.24. The van der Waals surface area contributed by atoms with E-state index in [0.29, 0.717) is 35.2 Å². The van der Waals surface area contributed by atoms with Gasteiger partial charge in [0, 0.05) is 36.5 Å². The maximum Gasteiger partial charge on any atom is 0.408 e. The molecule has 0 spiro atoms. The van der Waals surface area contributed by atoms with Crippen molar-refractivity contribution in [2.24, 2.45) is 5.11 Å². The van der Waals surface area contributed by atoms with Crippen LogP contribution in [0.4, 0.5) is 4.79 Å². The molecule has 0 fully saturated rings. The van der Waals surface area contributed by atoms with Gasteiger partial charge in [-0.1, -0.05) is 23.3 Å². The Kier molecular flexibility index (Phi) is 11.2. The number of likely N-dealkylation sites (N-methyl/N-ethyl adjacent to an activating group) is 1. The van der Waals surface area contributed by atoms with Crippen LogP contribution in [0.2, 0.25) is 0 Å². The van der Waals surface area contributed by atoms with Crippen molar-refractivity contribution in [1.82, 2.24) is 14.2 Å². The van der Waals surface area contributed by atoms with Gasteiger partial charge < -0.3 is 24.4 Å². The minimum Gasteiger partial charge on any atom is -0.494 e. The monoisotopic (exact) mass is 628 g/mol. The number of rotatable bonds is 13. The van der Waals surface area contributed by atoms with Gasteiger partial charge in [-0.2, -0.15) is 0 Å². The van der Waals surface area contributed by atoms with E-state index < -0.39 is 39.6 Å². The second-order valence-corrected chi connectivity index (χ2v) is 12.6. The van der Waals surface area contributed by atoms with Gasteiger partial charge in [0.15, 0.2) is 0 Å². The first-order valence-electron chi connectivity index (χ1n) is 13.7. The Morgan fingerprint density at radius 3 is 2.43 bits per heavy atom. The zero-order valence-corrected chi connectivity index (χ0v) is 26.0. The third kappa shape index (κ3) is 8.88. The van der Waals surface area contributed by atoms with E-state index in [1.54, 1.807) is 45.0 Å². The quantitative estimate of drug-likeness (QED) is 0.0968. The third-order valence-corrected chi connectivity index (χ3v) is 7.95. The highest BCUT2D eigenvalue weighted by molar-refractivity contribution is 7.90. The van der Waals surface area contributed by atoms with Crippen LogP contribution in [-0.2, 0) is 35.5 Å². The van der Waals surface area contributed by atoms with Crippen molar-refractivity contribution in [1.29, 1.82) is 0 Å². The Morgan fingerprint density at radius 2 is 1.80 bits per heavy atom. The van der Waals surface area contributed by atoms with Gasteiger partial charge in [0.05, 0.1) is 24.1 Å². The van der Waals surface area contributed by atoms with Crippen LogP contribution >= 0.6 is 0 Å². The van der Waals surface area contributed by atoms with Crippen molar-refractivity contribution in [3.05, 3.63) is 70.7 Å². The van der Waals surface area contributed by atoms with Crippen LogP contribution in [0.25, 0.3) is 21.3 Å². The minimum atomic E-state index is -4.10. The molecule has 0 bridgehead atoms. The van der Waals surface area contributed by atoms with E-state index in [1.165, 1.54) is 44.6 Å². The number of amides is 2. The van der Waals surface area contributed by atoms with Crippen molar-refractivity contribution in [2.45, 2.75) is 50.2 Å². The minimum absolute atomic E-state index is 0.00329. The molecule has 14 nitrogen and oxygen atoms in total. The molecule has 0 radical (unpaired) electrons. The van der Waals surface area contributed by atoms with Crippen LogP contribution in [0.3, 0.4) is 0 Å². The number of nitrogens with one attached hydrogen (secondary N) is 1. The maximum atomic E-state index is 13.8. The van der Waals surface area contributed by atoms with Crippen LogP contribution in [0, 0.1) is 0 Å². The number of carbonyl (C=O) groups is 3. The summed E-state index contributed by atoms with van der Waals surface area (Å²) in [5.41, 5.74) is 8.34. The first-order valence-corrected chi connectivity index (χ1v) is 15.1. The summed E-state index contributed by atoms with van der Waals surface area (Å²) in [5.74, 6) is -0.798. The number of aromatic nitrogens is 1. The highest BCUT2D eigenvalue weighted by Gasteiger charge is 2.30. The Balaban J connectivity index is 1.94. The molecule has 15 heteroatoms. The summed E-state index contributed by atoms with van der Waals surface area (Å²) < 4.78 is 44.3. The number of esters is 1. The van der Waals surface area contributed by atoms with Gasteiger partial charge >= 0.3 is 12.1 Å². The average molecular weight is 629 g/mol. The van der Waals surface area contributed by atoms with Crippen LogP contribution in [0.15, 0.2) is 64.7 Å². The van der Waals surface area contributed by atoms with E-state index in [-0.39, 0.29) is 24.4 Å². The van der Waals surface area contributed by atoms with Crippen molar-refractivity contribution in [2.75, 3.05) is 33.9 Å². The van der Waals surface area contributed by atoms with Crippen molar-refractivity contribution in [3.63, 3.8) is 0 Å². The summed E-state index contributed by atoms with van der Waals surface area (Å²) in [6, 6.07) is 11.5. The van der Waals surface area contributed by atoms with E-state index in [1.807, 2.05) is 0 Å². The Morgan fingerprint density at radius 1 is 1.11 bits per heavy atom. The Hall–Kier alpha value is -4.75. The van der Waals surface area contributed by atoms with Crippen LogP contribution in [0.1, 0.15) is 32.8 Å². The highest BCUT2D eigenvalue weighted by atomic mass is 32.2. The Bertz CT molecular complexity index is 1640. The number of azide groups is 1. The van der Waals surface area contributed by atoms with E-state index in [4.69, 9.17) is 15.0 Å². The molecular formula is C29H36N6O8S. The predicted molar refractivity (Wildman–Crippen MR) is 162 cm³/mol. The number of carbonyl (C=O) groups excluding carboxylic acids is 3. The smallest absolute Gasteiger partial charge is 0.408 e. The SMILES string of the molecule is COC(=O)CN(C)C(=O)[C@H](Cc1cn(S(=O)(=O)c2ccc(OCCCN=[N+]=[N-])cc2)c2ccccc12)NC(=O)OC(C)(C)C. The highest BCUT2D eigenvalue weighted by Crippen LogP contribution is 2.28. The normalized spacial score (nSPS) is 12.1. The molecule has 236 valence electrons. The second-order valence-electron chi connectivity index (χ2n) is 10.8. The second kappa shape index (κ2) is 14.6. The van der Waals surface area contributed by atoms with E-state index in [0.717, 1.165) is 8.87 Å². The summed E-state index contributed by atoms with van der Waals surface area (Å²) in [4.78, 5) is 41.7. The first kappa shape index (κ1) is 33.7. The fourth-order valence-corrected chi connectivity index (χ4v) is 5.63. The summed E-state index contributed by atoms with van der Waals surface area (Å²) in [6.45, 7) is 5.25. The predicted octanol–water partition coefficient (Wildman–Crippen LogP) is 4.02. The van der Waals surface area contributed by atoms with Gasteiger partial charge in [-0.25, -0.2) is 17.2 Å². The lowest BCUT2D eigenvalue weighted by atomic mass is 10.0. The molecule has 1 atom stereocenters. The van der Waals surface area contributed by atoms with Gasteiger partial charge in [-0.05, 0) is 68.6 Å². The number of benzene rings is 2. The van der Waals surface area contributed by atoms with Gasteiger partial charge in [-0.3, -0.25) is 9.59 Å². The lowest BCUT2D eigenvalue weighted by molar-refractivity contribution is -0.146. The molecule has 0 unspecified atom stereocenters. The number of fused-ring (bicyclic) bond motifs is 1. The lowest BCUT2D eigenvalue weighted by Gasteiger charge is -2.26. The van der Waals surface area contributed by atoms with Crippen molar-refractivity contribution in [3.8, 4) is 5.75 Å². The molecule has 0 aliphatic heterocycles. The molecule has 0 aliphatic rings. The maximum absolute atomic E-state index is 13.8. The molecule has 1 aromatic heterocycles. The van der Waals surface area contributed by atoms with Gasteiger partial charge in [0.2, 0.25) is 5.91 Å². The molecular weight excluding hydrogens is 592 g/mol. The topological polar surface area (TPSA) is 182 Å². The largest absolute Gasteiger partial charge is 0.494 e. The van der Waals surface area contributed by atoms with Crippen LogP contribution < -0.4 is 10.1 Å². The molecule has 0 aliphatic carbocycles. The first-order chi connectivity index (χ1) is 20.8. The fraction of sp³-hybridized carbons (Fsp3) is 0.414. The molecule has 2 aromatic carbocycles. The molecule has 0 saturated carbocycles. The number of para-hydroxylation sites is 1. The van der Waals surface area contributed by atoms with E-state index in [2.05, 4.69) is 20.1 Å². The van der Waals surface area contributed by atoms with Crippen LogP contribution in [-0.4, -0.2) is 80.8 Å². The molecule has 2 amide bonds. The molecule has 1 N–H and O–H groups in total. The van der Waals surface area contributed by atoms with Gasteiger partial charge in [0.1, 0.15) is 23.9 Å². The molecule has 1 heterocycles. The third-order valence-electron chi connectivity index (χ3n) is 6.26. The number of nitrogens with zero attached hydrogens (tertiary/aromatic N) is 5. The van der Waals surface area contributed by atoms with Gasteiger partial charge in [0.25, 0.3) is 10.0 Å². The summed E-state index contributed by atoms with van der Waals surface area (Å²) in [6.07, 6.45) is 0.971.